The number of benzene rings is 2. The van der Waals surface area contributed by atoms with Crippen LogP contribution in [0.5, 0.6) is 5.75 Å². The molecule has 0 fully saturated rings. The number of allylic oxidation sites excluding steroid dienone is 2. The molecule has 2 aromatic rings. The molecule has 0 saturated carbocycles. The Labute approximate surface area is 165 Å². The van der Waals surface area contributed by atoms with Gasteiger partial charge in [0.2, 0.25) is 0 Å². The third kappa shape index (κ3) is 5.22. The van der Waals surface area contributed by atoms with Crippen LogP contribution in [0, 0.1) is 5.92 Å². The van der Waals surface area contributed by atoms with Crippen LogP contribution in [-0.2, 0) is 14.3 Å². The fourth-order valence-electron chi connectivity index (χ4n) is 3.27. The van der Waals surface area contributed by atoms with E-state index in [1.165, 1.54) is 0 Å². The monoisotopic (exact) mass is 379 g/mol. The molecule has 5 heteroatoms. The van der Waals surface area contributed by atoms with E-state index in [4.69, 9.17) is 9.47 Å². The Morgan fingerprint density at radius 2 is 1.75 bits per heavy atom. The third-order valence-electron chi connectivity index (χ3n) is 4.84. The van der Waals surface area contributed by atoms with E-state index >= 15 is 0 Å². The van der Waals surface area contributed by atoms with E-state index in [0.29, 0.717) is 6.42 Å². The minimum atomic E-state index is -0.337. The van der Waals surface area contributed by atoms with Crippen LogP contribution in [0.15, 0.2) is 66.7 Å². The molecule has 0 heterocycles. The van der Waals surface area contributed by atoms with Crippen molar-refractivity contribution >= 4 is 11.9 Å². The van der Waals surface area contributed by atoms with Gasteiger partial charge in [-0.2, -0.15) is 0 Å². The van der Waals surface area contributed by atoms with E-state index < -0.39 is 0 Å². The van der Waals surface area contributed by atoms with Crippen molar-refractivity contribution in [3.8, 4) is 5.75 Å². The smallest absolute Gasteiger partial charge is 0.309 e. The van der Waals surface area contributed by atoms with E-state index in [1.807, 2.05) is 60.7 Å². The zero-order valence-electron chi connectivity index (χ0n) is 16.0. The summed E-state index contributed by atoms with van der Waals surface area (Å²) in [5.74, 6) is -0.0359. The fourth-order valence-corrected chi connectivity index (χ4v) is 3.27. The molecule has 5 nitrogen and oxygen atoms in total. The number of rotatable bonds is 7. The second-order valence-electron chi connectivity index (χ2n) is 6.77. The van der Waals surface area contributed by atoms with Crippen molar-refractivity contribution in [3.05, 3.63) is 77.9 Å². The van der Waals surface area contributed by atoms with Gasteiger partial charge in [-0.15, -0.1) is 0 Å². The summed E-state index contributed by atoms with van der Waals surface area (Å²) in [6.45, 7) is -0.279. The average Bonchev–Trinajstić information content (AvgIpc) is 2.77. The van der Waals surface area contributed by atoms with Gasteiger partial charge in [-0.05, 0) is 42.5 Å². The third-order valence-corrected chi connectivity index (χ3v) is 4.84. The molecule has 28 heavy (non-hydrogen) atoms. The van der Waals surface area contributed by atoms with Crippen LogP contribution >= 0.6 is 0 Å². The van der Waals surface area contributed by atoms with Crippen molar-refractivity contribution < 1.29 is 19.1 Å². The first-order chi connectivity index (χ1) is 13.7. The Hall–Kier alpha value is -3.08. The summed E-state index contributed by atoms with van der Waals surface area (Å²) >= 11 is 0. The van der Waals surface area contributed by atoms with Gasteiger partial charge < -0.3 is 14.8 Å². The van der Waals surface area contributed by atoms with Crippen LogP contribution in [0.25, 0.3) is 0 Å². The molecule has 0 unspecified atom stereocenters. The summed E-state index contributed by atoms with van der Waals surface area (Å²) in [6, 6.07) is 16.9. The maximum Gasteiger partial charge on any atom is 0.309 e. The summed E-state index contributed by atoms with van der Waals surface area (Å²) in [5.41, 5.74) is 1.87. The number of carbonyl (C=O) groups is 2. The Kier molecular flexibility index (Phi) is 6.84. The lowest BCUT2D eigenvalue weighted by Crippen LogP contribution is -2.34. The predicted octanol–water partition coefficient (Wildman–Crippen LogP) is 3.80. The Bertz CT molecular complexity index is 814. The van der Waals surface area contributed by atoms with Crippen molar-refractivity contribution in [1.82, 2.24) is 5.32 Å². The maximum atomic E-state index is 12.5. The van der Waals surface area contributed by atoms with E-state index in [2.05, 4.69) is 11.4 Å². The van der Waals surface area contributed by atoms with Gasteiger partial charge in [0.15, 0.2) is 6.61 Å². The summed E-state index contributed by atoms with van der Waals surface area (Å²) < 4.78 is 10.5. The predicted molar refractivity (Wildman–Crippen MR) is 107 cm³/mol. The second-order valence-corrected chi connectivity index (χ2v) is 6.77. The van der Waals surface area contributed by atoms with E-state index in [1.54, 1.807) is 7.11 Å². The number of hydrogen-bond donors (Lipinski definition) is 1. The average molecular weight is 379 g/mol. The highest BCUT2D eigenvalue weighted by Gasteiger charge is 2.22. The van der Waals surface area contributed by atoms with Crippen molar-refractivity contribution in [2.24, 2.45) is 5.92 Å². The summed E-state index contributed by atoms with van der Waals surface area (Å²) in [6.07, 6.45) is 6.38. The Balaban J connectivity index is 1.66. The number of esters is 1. The lowest BCUT2D eigenvalue weighted by Gasteiger charge is -2.21. The first-order valence-electron chi connectivity index (χ1n) is 9.47. The largest absolute Gasteiger partial charge is 0.497 e. The molecule has 1 N–H and O–H groups in total. The Morgan fingerprint density at radius 3 is 2.39 bits per heavy atom. The summed E-state index contributed by atoms with van der Waals surface area (Å²) in [7, 11) is 1.61. The first-order valence-corrected chi connectivity index (χ1v) is 9.47. The van der Waals surface area contributed by atoms with E-state index in [-0.39, 0.29) is 30.4 Å². The van der Waals surface area contributed by atoms with Crippen LogP contribution in [0.3, 0.4) is 0 Å². The molecule has 1 amide bonds. The van der Waals surface area contributed by atoms with Crippen LogP contribution in [0.2, 0.25) is 0 Å². The highest BCUT2D eigenvalue weighted by atomic mass is 16.5. The molecule has 1 aliphatic rings. The quantitative estimate of drug-likeness (QED) is 0.587. The number of methoxy groups -OCH3 is 1. The van der Waals surface area contributed by atoms with Gasteiger partial charge in [0.25, 0.3) is 5.91 Å². The molecule has 1 aliphatic carbocycles. The molecule has 2 aromatic carbocycles. The van der Waals surface area contributed by atoms with Crippen LogP contribution < -0.4 is 10.1 Å². The number of carbonyl (C=O) groups excluding carboxylic acids is 2. The molecule has 3 rings (SSSR count). The standard InChI is InChI=1S/C23H25NO4/c1-27-20-14-12-18(13-15-20)22(17-8-4-2-5-9-17)24-21(25)16-28-23(26)19-10-6-3-7-11-19/h2-6,8-9,12-15,19,22H,7,10-11,16H2,1H3,(H,24,25)/t19-,22-/m1/s1. The minimum absolute atomic E-state index is 0.149. The highest BCUT2D eigenvalue weighted by molar-refractivity contribution is 5.82. The molecule has 0 spiro atoms. The normalized spacial score (nSPS) is 16.8. The first kappa shape index (κ1) is 19.7. The van der Waals surface area contributed by atoms with Crippen molar-refractivity contribution in [2.75, 3.05) is 13.7 Å². The molecule has 0 bridgehead atoms. The van der Waals surface area contributed by atoms with Crippen LogP contribution in [0.1, 0.15) is 36.4 Å². The highest BCUT2D eigenvalue weighted by Crippen LogP contribution is 2.24. The number of hydrogen-bond acceptors (Lipinski definition) is 4. The lowest BCUT2D eigenvalue weighted by atomic mass is 9.95. The summed E-state index contributed by atoms with van der Waals surface area (Å²) in [5, 5.41) is 2.97. The zero-order chi connectivity index (χ0) is 19.8. The van der Waals surface area contributed by atoms with Gasteiger partial charge >= 0.3 is 5.97 Å². The van der Waals surface area contributed by atoms with E-state index in [9.17, 15) is 9.59 Å². The molecule has 2 atom stereocenters. The van der Waals surface area contributed by atoms with Gasteiger partial charge in [-0.1, -0.05) is 54.6 Å². The van der Waals surface area contributed by atoms with Crippen molar-refractivity contribution in [3.63, 3.8) is 0 Å². The molecule has 0 aliphatic heterocycles. The fraction of sp³-hybridized carbons (Fsp3) is 0.304. The topological polar surface area (TPSA) is 64.6 Å². The van der Waals surface area contributed by atoms with Crippen molar-refractivity contribution in [1.29, 1.82) is 0 Å². The molecule has 0 radical (unpaired) electrons. The summed E-state index contributed by atoms with van der Waals surface area (Å²) in [4.78, 5) is 24.6. The van der Waals surface area contributed by atoms with Gasteiger partial charge in [0, 0.05) is 0 Å². The second kappa shape index (κ2) is 9.74. The number of nitrogens with one attached hydrogen (secondary N) is 1. The number of amides is 1. The maximum absolute atomic E-state index is 12.5. The van der Waals surface area contributed by atoms with Crippen LogP contribution in [-0.4, -0.2) is 25.6 Å². The van der Waals surface area contributed by atoms with Crippen molar-refractivity contribution in [2.45, 2.75) is 25.3 Å². The SMILES string of the molecule is COc1ccc([C@H](NC(=O)COC(=O)[C@@H]2CC=CCC2)c2ccccc2)cc1. The molecular weight excluding hydrogens is 354 g/mol. The lowest BCUT2D eigenvalue weighted by molar-refractivity contribution is -0.153. The van der Waals surface area contributed by atoms with Gasteiger partial charge in [-0.25, -0.2) is 0 Å². The minimum Gasteiger partial charge on any atom is -0.497 e. The van der Waals surface area contributed by atoms with Crippen LogP contribution in [0.4, 0.5) is 0 Å². The Morgan fingerprint density at radius 1 is 1.04 bits per heavy atom. The van der Waals surface area contributed by atoms with Gasteiger partial charge in [0.05, 0.1) is 19.1 Å². The molecule has 0 aromatic heterocycles. The van der Waals surface area contributed by atoms with Gasteiger partial charge in [0.1, 0.15) is 5.75 Å². The zero-order valence-corrected chi connectivity index (χ0v) is 16.0. The molecular formula is C23H25NO4. The van der Waals surface area contributed by atoms with Gasteiger partial charge in [-0.3, -0.25) is 9.59 Å². The molecule has 146 valence electrons. The number of ether oxygens (including phenoxy) is 2. The molecule has 0 saturated heterocycles. The van der Waals surface area contributed by atoms with E-state index in [0.717, 1.165) is 29.7 Å².